The second kappa shape index (κ2) is 4.91. The van der Waals surface area contributed by atoms with Crippen molar-refractivity contribution in [3.63, 3.8) is 0 Å². The molecule has 0 aromatic rings. The SMILES string of the molecule is CCOOCC1CC=CC2CNCC21. The largest absolute Gasteiger partial charge is 0.316 e. The summed E-state index contributed by atoms with van der Waals surface area (Å²) in [7, 11) is 0. The van der Waals surface area contributed by atoms with Gasteiger partial charge in [-0.1, -0.05) is 12.2 Å². The summed E-state index contributed by atoms with van der Waals surface area (Å²) in [5, 5.41) is 3.44. The third kappa shape index (κ3) is 2.16. The van der Waals surface area contributed by atoms with Crippen LogP contribution in [-0.4, -0.2) is 26.3 Å². The first-order valence-electron chi connectivity index (χ1n) is 5.53. The molecule has 0 saturated carbocycles. The molecule has 3 nitrogen and oxygen atoms in total. The number of fused-ring (bicyclic) bond motifs is 1. The van der Waals surface area contributed by atoms with Crippen molar-refractivity contribution < 1.29 is 9.78 Å². The lowest BCUT2D eigenvalue weighted by molar-refractivity contribution is -0.300. The van der Waals surface area contributed by atoms with Gasteiger partial charge in [0.25, 0.3) is 0 Å². The molecule has 1 aliphatic heterocycles. The van der Waals surface area contributed by atoms with Crippen molar-refractivity contribution in [2.45, 2.75) is 13.3 Å². The molecule has 0 spiro atoms. The average molecular weight is 197 g/mol. The van der Waals surface area contributed by atoms with Gasteiger partial charge < -0.3 is 5.32 Å². The lowest BCUT2D eigenvalue weighted by atomic mass is 9.78. The summed E-state index contributed by atoms with van der Waals surface area (Å²) < 4.78 is 0. The molecule has 0 aromatic carbocycles. The molecule has 3 atom stereocenters. The smallest absolute Gasteiger partial charge is 0.0856 e. The zero-order valence-electron chi connectivity index (χ0n) is 8.74. The minimum atomic E-state index is 0.631. The zero-order chi connectivity index (χ0) is 9.80. The number of nitrogens with one attached hydrogen (secondary N) is 1. The summed E-state index contributed by atoms with van der Waals surface area (Å²) in [6.07, 6.45) is 5.77. The van der Waals surface area contributed by atoms with Crippen LogP contribution in [0, 0.1) is 17.8 Å². The predicted molar refractivity (Wildman–Crippen MR) is 54.7 cm³/mol. The molecular weight excluding hydrogens is 178 g/mol. The van der Waals surface area contributed by atoms with Gasteiger partial charge in [-0.3, -0.25) is 0 Å². The Balaban J connectivity index is 1.83. The van der Waals surface area contributed by atoms with Crippen LogP contribution in [-0.2, 0) is 9.78 Å². The van der Waals surface area contributed by atoms with Crippen molar-refractivity contribution in [3.8, 4) is 0 Å². The van der Waals surface area contributed by atoms with Crippen molar-refractivity contribution in [2.24, 2.45) is 17.8 Å². The molecule has 0 amide bonds. The minimum absolute atomic E-state index is 0.631. The first kappa shape index (κ1) is 10.1. The molecule has 1 heterocycles. The highest BCUT2D eigenvalue weighted by atomic mass is 17.2. The van der Waals surface area contributed by atoms with Crippen LogP contribution in [0.3, 0.4) is 0 Å². The molecule has 1 N–H and O–H groups in total. The average Bonchev–Trinajstić information content (AvgIpc) is 2.67. The first-order chi connectivity index (χ1) is 6.92. The monoisotopic (exact) mass is 197 g/mol. The summed E-state index contributed by atoms with van der Waals surface area (Å²) >= 11 is 0. The number of rotatable bonds is 4. The highest BCUT2D eigenvalue weighted by Crippen LogP contribution is 2.32. The second-order valence-electron chi connectivity index (χ2n) is 4.10. The Morgan fingerprint density at radius 2 is 2.29 bits per heavy atom. The Morgan fingerprint density at radius 1 is 1.36 bits per heavy atom. The van der Waals surface area contributed by atoms with Gasteiger partial charge >= 0.3 is 0 Å². The molecule has 0 radical (unpaired) electrons. The standard InChI is InChI=1S/C11H19NO2/c1-2-13-14-8-10-5-3-4-9-6-12-7-11(9)10/h3-4,9-12H,2,5-8H2,1H3. The van der Waals surface area contributed by atoms with Gasteiger partial charge in [0, 0.05) is 6.54 Å². The maximum atomic E-state index is 5.17. The molecule has 80 valence electrons. The zero-order valence-corrected chi connectivity index (χ0v) is 8.74. The molecule has 1 aliphatic carbocycles. The third-order valence-electron chi connectivity index (χ3n) is 3.22. The fourth-order valence-electron chi connectivity index (χ4n) is 2.46. The van der Waals surface area contributed by atoms with Crippen LogP contribution >= 0.6 is 0 Å². The van der Waals surface area contributed by atoms with Crippen molar-refractivity contribution in [3.05, 3.63) is 12.2 Å². The Hall–Kier alpha value is -0.380. The third-order valence-corrected chi connectivity index (χ3v) is 3.22. The summed E-state index contributed by atoms with van der Waals surface area (Å²) in [4.78, 5) is 10.1. The highest BCUT2D eigenvalue weighted by Gasteiger charge is 2.34. The Bertz CT molecular complexity index is 205. The maximum Gasteiger partial charge on any atom is 0.0856 e. The quantitative estimate of drug-likeness (QED) is 0.319. The van der Waals surface area contributed by atoms with E-state index in [1.54, 1.807) is 0 Å². The molecule has 2 aliphatic rings. The summed E-state index contributed by atoms with van der Waals surface area (Å²) in [6, 6.07) is 0. The van der Waals surface area contributed by atoms with E-state index in [1.165, 1.54) is 0 Å². The lowest BCUT2D eigenvalue weighted by Crippen LogP contribution is -2.28. The number of allylic oxidation sites excluding steroid dienone is 1. The minimum Gasteiger partial charge on any atom is -0.316 e. The van der Waals surface area contributed by atoms with Crippen LogP contribution in [0.25, 0.3) is 0 Å². The summed E-state index contributed by atoms with van der Waals surface area (Å²) in [6.45, 7) is 5.58. The lowest BCUT2D eigenvalue weighted by Gasteiger charge is -2.28. The molecule has 1 fully saturated rings. The fraction of sp³-hybridized carbons (Fsp3) is 0.818. The van der Waals surface area contributed by atoms with Crippen LogP contribution < -0.4 is 5.32 Å². The van der Waals surface area contributed by atoms with Crippen LogP contribution in [0.4, 0.5) is 0 Å². The summed E-state index contributed by atoms with van der Waals surface area (Å²) in [5.74, 6) is 2.10. The van der Waals surface area contributed by atoms with E-state index in [4.69, 9.17) is 9.78 Å². The highest BCUT2D eigenvalue weighted by molar-refractivity contribution is 5.04. The molecule has 14 heavy (non-hydrogen) atoms. The van der Waals surface area contributed by atoms with E-state index in [0.29, 0.717) is 12.5 Å². The Labute approximate surface area is 85.4 Å². The van der Waals surface area contributed by atoms with Gasteiger partial charge in [0.1, 0.15) is 0 Å². The predicted octanol–water partition coefficient (Wildman–Crippen LogP) is 1.37. The van der Waals surface area contributed by atoms with Gasteiger partial charge in [0.05, 0.1) is 13.2 Å². The van der Waals surface area contributed by atoms with E-state index in [0.717, 1.165) is 38.0 Å². The van der Waals surface area contributed by atoms with E-state index in [-0.39, 0.29) is 0 Å². The van der Waals surface area contributed by atoms with Gasteiger partial charge in [0.15, 0.2) is 0 Å². The van der Waals surface area contributed by atoms with Gasteiger partial charge in [-0.15, -0.1) is 0 Å². The molecule has 1 saturated heterocycles. The second-order valence-corrected chi connectivity index (χ2v) is 4.10. The number of hydrogen-bond acceptors (Lipinski definition) is 3. The Kier molecular flexibility index (Phi) is 3.56. The number of hydrogen-bond donors (Lipinski definition) is 1. The van der Waals surface area contributed by atoms with E-state index >= 15 is 0 Å². The van der Waals surface area contributed by atoms with E-state index in [9.17, 15) is 0 Å². The van der Waals surface area contributed by atoms with Crippen LogP contribution in [0.1, 0.15) is 13.3 Å². The first-order valence-corrected chi connectivity index (χ1v) is 5.53. The molecular formula is C11H19NO2. The molecule has 0 aromatic heterocycles. The Morgan fingerprint density at radius 3 is 3.14 bits per heavy atom. The topological polar surface area (TPSA) is 30.5 Å². The normalized spacial score (nSPS) is 35.9. The van der Waals surface area contributed by atoms with E-state index < -0.39 is 0 Å². The summed E-state index contributed by atoms with van der Waals surface area (Å²) in [5.41, 5.74) is 0. The van der Waals surface area contributed by atoms with Gasteiger partial charge in [-0.25, -0.2) is 9.78 Å². The molecule has 3 heteroatoms. The van der Waals surface area contributed by atoms with Crippen LogP contribution in [0.5, 0.6) is 0 Å². The van der Waals surface area contributed by atoms with E-state index in [1.807, 2.05) is 6.92 Å². The van der Waals surface area contributed by atoms with Crippen LogP contribution in [0.15, 0.2) is 12.2 Å². The fourth-order valence-corrected chi connectivity index (χ4v) is 2.46. The van der Waals surface area contributed by atoms with Crippen molar-refractivity contribution in [2.75, 3.05) is 26.3 Å². The molecule has 2 rings (SSSR count). The maximum absolute atomic E-state index is 5.17. The van der Waals surface area contributed by atoms with Crippen molar-refractivity contribution in [1.29, 1.82) is 0 Å². The van der Waals surface area contributed by atoms with Crippen molar-refractivity contribution in [1.82, 2.24) is 5.32 Å². The van der Waals surface area contributed by atoms with Gasteiger partial charge in [-0.2, -0.15) is 0 Å². The van der Waals surface area contributed by atoms with Gasteiger partial charge in [-0.05, 0) is 37.6 Å². The molecule has 3 unspecified atom stereocenters. The van der Waals surface area contributed by atoms with E-state index in [2.05, 4.69) is 17.5 Å². The molecule has 0 bridgehead atoms. The van der Waals surface area contributed by atoms with Gasteiger partial charge in [0.2, 0.25) is 0 Å². The van der Waals surface area contributed by atoms with Crippen molar-refractivity contribution >= 4 is 0 Å². The van der Waals surface area contributed by atoms with Crippen LogP contribution in [0.2, 0.25) is 0 Å².